The van der Waals surface area contributed by atoms with E-state index < -0.39 is 25.9 Å². The molecule has 1 aliphatic rings. The molecule has 0 saturated carbocycles. The number of rotatable bonds is 4. The summed E-state index contributed by atoms with van der Waals surface area (Å²) >= 11 is 5.84. The largest absolute Gasteiger partial charge is 0.264 e. The Morgan fingerprint density at radius 2 is 1.64 bits per heavy atom. The molecule has 2 aromatic rings. The molecule has 0 unspecified atom stereocenters. The predicted octanol–water partition coefficient (Wildman–Crippen LogP) is 3.15. The van der Waals surface area contributed by atoms with Gasteiger partial charge >= 0.3 is 0 Å². The van der Waals surface area contributed by atoms with Crippen LogP contribution in [0, 0.1) is 6.92 Å². The minimum Gasteiger partial charge on any atom is -0.258 e. The molecule has 0 aliphatic carbocycles. The Morgan fingerprint density at radius 1 is 1.04 bits per heavy atom. The molecule has 1 heterocycles. The van der Waals surface area contributed by atoms with Crippen LogP contribution in [0.1, 0.15) is 5.56 Å². The normalized spacial score (nSPS) is 19.0. The highest BCUT2D eigenvalue weighted by molar-refractivity contribution is 7.95. The van der Waals surface area contributed by atoms with Gasteiger partial charge in [-0.3, -0.25) is 4.31 Å². The van der Waals surface area contributed by atoms with Gasteiger partial charge in [0.05, 0.1) is 22.4 Å². The summed E-state index contributed by atoms with van der Waals surface area (Å²) in [6.45, 7) is 1.89. The first-order chi connectivity index (χ1) is 11.7. The van der Waals surface area contributed by atoms with Crippen LogP contribution in [0.4, 0.5) is 5.69 Å². The van der Waals surface area contributed by atoms with Crippen LogP contribution in [0.2, 0.25) is 5.02 Å². The van der Waals surface area contributed by atoms with Crippen LogP contribution in [-0.4, -0.2) is 28.6 Å². The molecule has 0 N–H and O–H groups in total. The van der Waals surface area contributed by atoms with Crippen molar-refractivity contribution in [3.63, 3.8) is 0 Å². The summed E-state index contributed by atoms with van der Waals surface area (Å²) in [5, 5.41) is 1.49. The minimum absolute atomic E-state index is 0.0511. The third-order valence-electron chi connectivity index (χ3n) is 3.87. The quantitative estimate of drug-likeness (QED) is 0.794. The summed E-state index contributed by atoms with van der Waals surface area (Å²) < 4.78 is 51.1. The number of halogens is 1. The van der Waals surface area contributed by atoms with Crippen LogP contribution in [0.3, 0.4) is 0 Å². The number of nitrogens with zero attached hydrogens (tertiary/aromatic N) is 1. The van der Waals surface area contributed by atoms with E-state index in [4.69, 9.17) is 11.6 Å². The second kappa shape index (κ2) is 6.48. The van der Waals surface area contributed by atoms with Crippen LogP contribution >= 0.6 is 11.6 Å². The highest BCUT2D eigenvalue weighted by atomic mass is 35.5. The molecule has 8 heteroatoms. The van der Waals surface area contributed by atoms with E-state index in [-0.39, 0.29) is 10.6 Å². The van der Waals surface area contributed by atoms with Gasteiger partial charge in [-0.15, -0.1) is 0 Å². The van der Waals surface area contributed by atoms with Crippen molar-refractivity contribution in [3.8, 4) is 0 Å². The Bertz CT molecular complexity index is 1010. The monoisotopic (exact) mass is 397 g/mol. The number of anilines is 1. The molecule has 0 fully saturated rings. The van der Waals surface area contributed by atoms with Gasteiger partial charge in [0.25, 0.3) is 10.0 Å². The van der Waals surface area contributed by atoms with Crippen molar-refractivity contribution in [2.45, 2.75) is 17.9 Å². The first-order valence-electron chi connectivity index (χ1n) is 7.47. The number of hydrogen-bond donors (Lipinski definition) is 0. The Labute approximate surface area is 152 Å². The molecule has 0 bridgehead atoms. The van der Waals surface area contributed by atoms with E-state index in [0.29, 0.717) is 10.7 Å². The molecule has 0 saturated heterocycles. The Balaban J connectivity index is 2.12. The van der Waals surface area contributed by atoms with E-state index in [0.717, 1.165) is 15.3 Å². The summed E-state index contributed by atoms with van der Waals surface area (Å²) in [5.41, 5.74) is 1.38. The molecule has 0 amide bonds. The van der Waals surface area contributed by atoms with Gasteiger partial charge in [-0.2, -0.15) is 0 Å². The lowest BCUT2D eigenvalue weighted by Crippen LogP contribution is -2.41. The molecule has 5 nitrogen and oxygen atoms in total. The Kier molecular flexibility index (Phi) is 4.66. The molecular formula is C17H16ClNO4S2. The zero-order valence-corrected chi connectivity index (χ0v) is 15.7. The summed E-state index contributed by atoms with van der Waals surface area (Å²) in [6, 6.07) is 11.9. The van der Waals surface area contributed by atoms with Gasteiger partial charge < -0.3 is 0 Å². The second-order valence-electron chi connectivity index (χ2n) is 5.82. The van der Waals surface area contributed by atoms with Gasteiger partial charge in [-0.05, 0) is 49.4 Å². The third-order valence-corrected chi connectivity index (χ3v) is 7.37. The zero-order chi connectivity index (χ0) is 18.2. The second-order valence-corrected chi connectivity index (χ2v) is 10.00. The van der Waals surface area contributed by atoms with Crippen LogP contribution in [-0.2, 0) is 19.9 Å². The highest BCUT2D eigenvalue weighted by Gasteiger charge is 2.35. The van der Waals surface area contributed by atoms with Crippen molar-refractivity contribution in [2.24, 2.45) is 0 Å². The standard InChI is InChI=1S/C17H16ClNO4S2/c1-13-2-6-15(7-3-13)19(16-10-11-24(20,21)12-16)25(22,23)17-8-4-14(18)5-9-17/h2-11,16H,12H2,1H3/t16-/m0/s1. The van der Waals surface area contributed by atoms with Crippen molar-refractivity contribution in [1.29, 1.82) is 0 Å². The fourth-order valence-corrected chi connectivity index (χ4v) is 5.72. The number of hydrogen-bond acceptors (Lipinski definition) is 4. The molecule has 1 aliphatic heterocycles. The Morgan fingerprint density at radius 3 is 2.16 bits per heavy atom. The van der Waals surface area contributed by atoms with Gasteiger partial charge in [0.2, 0.25) is 0 Å². The number of sulfone groups is 1. The molecule has 132 valence electrons. The molecule has 0 aromatic heterocycles. The lowest BCUT2D eigenvalue weighted by molar-refractivity contribution is 0.586. The van der Waals surface area contributed by atoms with Gasteiger partial charge in [0.1, 0.15) is 0 Å². The molecule has 25 heavy (non-hydrogen) atoms. The van der Waals surface area contributed by atoms with Gasteiger partial charge in [0, 0.05) is 10.4 Å². The van der Waals surface area contributed by atoms with Gasteiger partial charge in [-0.1, -0.05) is 29.3 Å². The SMILES string of the molecule is Cc1ccc(N([C@H]2C=CS(=O)(=O)C2)S(=O)(=O)c2ccc(Cl)cc2)cc1. The fourth-order valence-electron chi connectivity index (χ4n) is 2.63. The minimum atomic E-state index is -3.96. The summed E-state index contributed by atoms with van der Waals surface area (Å²) in [4.78, 5) is 0.0511. The number of aryl methyl sites for hydroxylation is 1. The predicted molar refractivity (Wildman–Crippen MR) is 99.0 cm³/mol. The van der Waals surface area contributed by atoms with Crippen molar-refractivity contribution in [1.82, 2.24) is 0 Å². The lowest BCUT2D eigenvalue weighted by atomic mass is 10.2. The van der Waals surface area contributed by atoms with Crippen molar-refractivity contribution in [2.75, 3.05) is 10.1 Å². The maximum atomic E-state index is 13.2. The number of benzene rings is 2. The van der Waals surface area contributed by atoms with Crippen molar-refractivity contribution in [3.05, 3.63) is 70.6 Å². The average molecular weight is 398 g/mol. The van der Waals surface area contributed by atoms with Gasteiger partial charge in [0.15, 0.2) is 9.84 Å². The molecular weight excluding hydrogens is 382 g/mol. The smallest absolute Gasteiger partial charge is 0.258 e. The van der Waals surface area contributed by atoms with E-state index in [1.165, 1.54) is 30.3 Å². The first-order valence-corrected chi connectivity index (χ1v) is 11.0. The van der Waals surface area contributed by atoms with Gasteiger partial charge in [-0.25, -0.2) is 16.8 Å². The van der Waals surface area contributed by atoms with E-state index in [1.807, 2.05) is 6.92 Å². The van der Waals surface area contributed by atoms with Crippen LogP contribution < -0.4 is 4.31 Å². The topological polar surface area (TPSA) is 71.5 Å². The Hall–Kier alpha value is -1.83. The fraction of sp³-hybridized carbons (Fsp3) is 0.176. The van der Waals surface area contributed by atoms with E-state index in [9.17, 15) is 16.8 Å². The summed E-state index contributed by atoms with van der Waals surface area (Å²) in [6.07, 6.45) is 1.41. The van der Waals surface area contributed by atoms with E-state index >= 15 is 0 Å². The zero-order valence-electron chi connectivity index (χ0n) is 13.3. The van der Waals surface area contributed by atoms with Crippen LogP contribution in [0.25, 0.3) is 0 Å². The molecule has 0 spiro atoms. The maximum absolute atomic E-state index is 13.2. The molecule has 3 rings (SSSR count). The van der Waals surface area contributed by atoms with Crippen LogP contribution in [0.15, 0.2) is 64.9 Å². The molecule has 0 radical (unpaired) electrons. The number of sulfonamides is 1. The first kappa shape index (κ1) is 18.0. The van der Waals surface area contributed by atoms with E-state index in [2.05, 4.69) is 0 Å². The summed E-state index contributed by atoms with van der Waals surface area (Å²) in [7, 11) is -7.37. The molecule has 2 aromatic carbocycles. The van der Waals surface area contributed by atoms with Crippen molar-refractivity contribution < 1.29 is 16.8 Å². The van der Waals surface area contributed by atoms with Crippen molar-refractivity contribution >= 4 is 37.1 Å². The molecule has 1 atom stereocenters. The third kappa shape index (κ3) is 3.73. The summed E-state index contributed by atoms with van der Waals surface area (Å²) in [5.74, 6) is -0.284. The highest BCUT2D eigenvalue weighted by Crippen LogP contribution is 2.30. The van der Waals surface area contributed by atoms with E-state index in [1.54, 1.807) is 24.3 Å². The average Bonchev–Trinajstić information content (AvgIpc) is 2.89. The maximum Gasteiger partial charge on any atom is 0.264 e. The lowest BCUT2D eigenvalue weighted by Gasteiger charge is -2.29. The van der Waals surface area contributed by atoms with Crippen LogP contribution in [0.5, 0.6) is 0 Å².